The van der Waals surface area contributed by atoms with Crippen LogP contribution in [0.4, 0.5) is 0 Å². The Morgan fingerprint density at radius 1 is 0.949 bits per heavy atom. The molecule has 0 aliphatic carbocycles. The Kier molecular flexibility index (Phi) is 11.5. The van der Waals surface area contributed by atoms with Crippen LogP contribution in [0.25, 0.3) is 0 Å². The predicted octanol–water partition coefficient (Wildman–Crippen LogP) is 3.67. The maximum Gasteiger partial charge on any atom is 0.336 e. The lowest BCUT2D eigenvalue weighted by Crippen LogP contribution is -2.36. The molecule has 0 saturated carbocycles. The van der Waals surface area contributed by atoms with Crippen molar-refractivity contribution >= 4 is 17.7 Å². The van der Waals surface area contributed by atoms with Crippen LogP contribution in [0, 0.1) is 5.92 Å². The van der Waals surface area contributed by atoms with Gasteiger partial charge in [-0.05, 0) is 63.1 Å². The first-order chi connectivity index (χ1) is 18.8. The van der Waals surface area contributed by atoms with Gasteiger partial charge in [-0.15, -0.1) is 0 Å². The van der Waals surface area contributed by atoms with Gasteiger partial charge in [0.05, 0.1) is 26.4 Å². The summed E-state index contributed by atoms with van der Waals surface area (Å²) in [6.45, 7) is 5.48. The van der Waals surface area contributed by atoms with E-state index in [0.29, 0.717) is 35.9 Å². The van der Waals surface area contributed by atoms with Crippen LogP contribution in [0.2, 0.25) is 0 Å². The van der Waals surface area contributed by atoms with Gasteiger partial charge in [0.1, 0.15) is 30.1 Å². The van der Waals surface area contributed by atoms with Crippen LogP contribution in [0.3, 0.4) is 0 Å². The summed E-state index contributed by atoms with van der Waals surface area (Å²) in [5, 5.41) is 13.3. The molecule has 0 spiro atoms. The monoisotopic (exact) mass is 538 g/mol. The van der Waals surface area contributed by atoms with Gasteiger partial charge in [-0.1, -0.05) is 30.3 Å². The standard InChI is InChI=1S/C30H38N2O7/c1-20-26(29(34)36-3)28(27(21(2)32-20)30(35)37-4)22-12-14-25(15-13-22)38-17-9-8-16-31-18-23(33)19-39-24-10-6-5-7-11-24/h5-7,10-15,23,26,28,31,33H,8-9,16-19H2,1-4H3. The topological polar surface area (TPSA) is 116 Å². The van der Waals surface area contributed by atoms with Crippen molar-refractivity contribution < 1.29 is 33.6 Å². The zero-order valence-electron chi connectivity index (χ0n) is 23.0. The number of hydrogen-bond donors (Lipinski definition) is 2. The van der Waals surface area contributed by atoms with E-state index in [1.165, 1.54) is 14.2 Å². The maximum absolute atomic E-state index is 12.6. The second-order valence-electron chi connectivity index (χ2n) is 9.33. The van der Waals surface area contributed by atoms with Crippen molar-refractivity contribution in [1.29, 1.82) is 0 Å². The van der Waals surface area contributed by atoms with Gasteiger partial charge >= 0.3 is 11.9 Å². The molecule has 2 N–H and O–H groups in total. The molecule has 1 heterocycles. The average molecular weight is 539 g/mol. The largest absolute Gasteiger partial charge is 0.494 e. The Bertz CT molecular complexity index is 1150. The highest BCUT2D eigenvalue weighted by Gasteiger charge is 2.42. The highest BCUT2D eigenvalue weighted by atomic mass is 16.5. The fraction of sp³-hybridized carbons (Fsp3) is 0.433. The van der Waals surface area contributed by atoms with Gasteiger partial charge in [-0.3, -0.25) is 9.79 Å². The molecule has 1 aliphatic rings. The van der Waals surface area contributed by atoms with E-state index in [9.17, 15) is 14.7 Å². The minimum Gasteiger partial charge on any atom is -0.494 e. The molecule has 3 unspecified atom stereocenters. The number of aliphatic hydroxyl groups is 1. The van der Waals surface area contributed by atoms with E-state index in [0.717, 1.165) is 30.7 Å². The molecule has 1 aliphatic heterocycles. The smallest absolute Gasteiger partial charge is 0.336 e. The van der Waals surface area contributed by atoms with E-state index >= 15 is 0 Å². The van der Waals surface area contributed by atoms with Crippen LogP contribution in [0.1, 0.15) is 38.2 Å². The molecule has 0 amide bonds. The first-order valence-corrected chi connectivity index (χ1v) is 13.1. The van der Waals surface area contributed by atoms with E-state index < -0.39 is 29.9 Å². The van der Waals surface area contributed by atoms with Crippen molar-refractivity contribution in [1.82, 2.24) is 5.32 Å². The van der Waals surface area contributed by atoms with E-state index in [-0.39, 0.29) is 6.61 Å². The number of para-hydroxylation sites is 1. The zero-order chi connectivity index (χ0) is 28.2. The molecule has 0 bridgehead atoms. The van der Waals surface area contributed by atoms with Gasteiger partial charge in [0, 0.05) is 23.9 Å². The number of carbonyl (C=O) groups is 2. The number of nitrogens with zero attached hydrogens (tertiary/aromatic N) is 1. The van der Waals surface area contributed by atoms with Gasteiger partial charge in [0.25, 0.3) is 0 Å². The van der Waals surface area contributed by atoms with Crippen molar-refractivity contribution in [3.8, 4) is 11.5 Å². The van der Waals surface area contributed by atoms with Gasteiger partial charge in [-0.25, -0.2) is 4.79 Å². The van der Waals surface area contributed by atoms with Gasteiger partial charge in [0.2, 0.25) is 0 Å². The number of allylic oxidation sites excluding steroid dienone is 1. The Balaban J connectivity index is 1.46. The van der Waals surface area contributed by atoms with Crippen LogP contribution >= 0.6 is 0 Å². The number of unbranched alkanes of at least 4 members (excludes halogenated alkanes) is 1. The lowest BCUT2D eigenvalue weighted by atomic mass is 9.75. The van der Waals surface area contributed by atoms with Crippen molar-refractivity contribution in [2.24, 2.45) is 10.9 Å². The van der Waals surface area contributed by atoms with E-state index in [1.807, 2.05) is 54.6 Å². The summed E-state index contributed by atoms with van der Waals surface area (Å²) in [7, 11) is 2.64. The predicted molar refractivity (Wildman–Crippen MR) is 148 cm³/mol. The highest BCUT2D eigenvalue weighted by Crippen LogP contribution is 2.40. The van der Waals surface area contributed by atoms with E-state index in [2.05, 4.69) is 10.3 Å². The molecule has 2 aromatic rings. The van der Waals surface area contributed by atoms with Crippen LogP contribution in [-0.2, 0) is 19.1 Å². The lowest BCUT2D eigenvalue weighted by molar-refractivity contribution is -0.143. The van der Waals surface area contributed by atoms with Crippen molar-refractivity contribution in [3.63, 3.8) is 0 Å². The minimum absolute atomic E-state index is 0.236. The summed E-state index contributed by atoms with van der Waals surface area (Å²) >= 11 is 0. The second kappa shape index (κ2) is 15.0. The number of ether oxygens (including phenoxy) is 4. The number of nitrogens with one attached hydrogen (secondary N) is 1. The van der Waals surface area contributed by atoms with Crippen LogP contribution < -0.4 is 14.8 Å². The maximum atomic E-state index is 12.6. The summed E-state index contributed by atoms with van der Waals surface area (Å²) in [5.41, 5.74) is 2.22. The first kappa shape index (κ1) is 29.9. The molecule has 210 valence electrons. The Hall–Kier alpha value is -3.69. The molecule has 2 aromatic carbocycles. The molecular formula is C30H38N2O7. The molecule has 3 rings (SSSR count). The number of methoxy groups -OCH3 is 2. The number of hydrogen-bond acceptors (Lipinski definition) is 9. The van der Waals surface area contributed by atoms with Crippen LogP contribution in [-0.4, -0.2) is 69.4 Å². The fourth-order valence-electron chi connectivity index (χ4n) is 4.55. The number of esters is 2. The SMILES string of the molecule is COC(=O)C1=C(C)N=C(C)C(C(=O)OC)C1c1ccc(OCCCCNCC(O)COc2ccccc2)cc1. The summed E-state index contributed by atoms with van der Waals surface area (Å²) < 4.78 is 21.5. The first-order valence-electron chi connectivity index (χ1n) is 13.1. The molecule has 0 fully saturated rings. The molecule has 0 aromatic heterocycles. The third kappa shape index (κ3) is 8.40. The average Bonchev–Trinajstić information content (AvgIpc) is 2.95. The van der Waals surface area contributed by atoms with E-state index in [4.69, 9.17) is 18.9 Å². The summed E-state index contributed by atoms with van der Waals surface area (Å²) in [6.07, 6.45) is 1.14. The minimum atomic E-state index is -0.726. The van der Waals surface area contributed by atoms with Crippen LogP contribution in [0.15, 0.2) is 70.9 Å². The molecule has 9 nitrogen and oxygen atoms in total. The second-order valence-corrected chi connectivity index (χ2v) is 9.33. The Morgan fingerprint density at radius 2 is 1.64 bits per heavy atom. The van der Waals surface area contributed by atoms with Gasteiger partial charge in [-0.2, -0.15) is 0 Å². The summed E-state index contributed by atoms with van der Waals surface area (Å²) in [6, 6.07) is 16.8. The Labute approximate surface area is 229 Å². The van der Waals surface area contributed by atoms with E-state index in [1.54, 1.807) is 13.8 Å². The Morgan fingerprint density at radius 3 is 2.31 bits per heavy atom. The van der Waals surface area contributed by atoms with Crippen LogP contribution in [0.5, 0.6) is 11.5 Å². The number of aliphatic hydroxyl groups excluding tert-OH is 1. The zero-order valence-corrected chi connectivity index (χ0v) is 23.0. The molecule has 0 saturated heterocycles. The molecule has 39 heavy (non-hydrogen) atoms. The fourth-order valence-corrected chi connectivity index (χ4v) is 4.55. The number of carbonyl (C=O) groups excluding carboxylic acids is 2. The number of rotatable bonds is 14. The quantitative estimate of drug-likeness (QED) is 0.277. The molecule has 9 heteroatoms. The lowest BCUT2D eigenvalue weighted by Gasteiger charge is -2.31. The normalized spacial score (nSPS) is 17.7. The molecule has 0 radical (unpaired) electrons. The van der Waals surface area contributed by atoms with Gasteiger partial charge in [0.15, 0.2) is 0 Å². The molecule has 3 atom stereocenters. The van der Waals surface area contributed by atoms with Gasteiger partial charge < -0.3 is 29.4 Å². The number of benzene rings is 2. The summed E-state index contributed by atoms with van der Waals surface area (Å²) in [5.74, 6) is -0.848. The summed E-state index contributed by atoms with van der Waals surface area (Å²) in [4.78, 5) is 29.7. The third-order valence-electron chi connectivity index (χ3n) is 6.51. The van der Waals surface area contributed by atoms with Crippen molar-refractivity contribution in [2.75, 3.05) is 40.5 Å². The van der Waals surface area contributed by atoms with Crippen molar-refractivity contribution in [2.45, 2.75) is 38.7 Å². The van der Waals surface area contributed by atoms with Crippen molar-refractivity contribution in [3.05, 3.63) is 71.4 Å². The molecular weight excluding hydrogens is 500 g/mol. The number of aliphatic imine (C=N–C) groups is 1. The highest BCUT2D eigenvalue weighted by molar-refractivity contribution is 6.06. The third-order valence-corrected chi connectivity index (χ3v) is 6.51.